The number of rotatable bonds is 2. The van der Waals surface area contributed by atoms with E-state index in [9.17, 15) is 4.39 Å². The number of nitrogen functional groups attached to an aromatic ring is 1. The van der Waals surface area contributed by atoms with Crippen LogP contribution in [0.4, 0.5) is 15.8 Å². The van der Waals surface area contributed by atoms with Crippen LogP contribution < -0.4 is 10.6 Å². The second-order valence-corrected chi connectivity index (χ2v) is 3.89. The van der Waals surface area contributed by atoms with Gasteiger partial charge in [0.25, 0.3) is 0 Å². The van der Waals surface area contributed by atoms with Crippen LogP contribution in [-0.2, 0) is 0 Å². The highest BCUT2D eigenvalue weighted by Crippen LogP contribution is 2.28. The number of hydrogen-bond acceptors (Lipinski definition) is 2. The van der Waals surface area contributed by atoms with Crippen molar-refractivity contribution in [3.63, 3.8) is 0 Å². The van der Waals surface area contributed by atoms with Gasteiger partial charge in [-0.2, -0.15) is 0 Å². The van der Waals surface area contributed by atoms with Gasteiger partial charge in [0.2, 0.25) is 0 Å². The van der Waals surface area contributed by atoms with Gasteiger partial charge in [0.15, 0.2) is 0 Å². The third-order valence-corrected chi connectivity index (χ3v) is 2.88. The highest BCUT2D eigenvalue weighted by atomic mass is 19.1. The average Bonchev–Trinajstić information content (AvgIpc) is 2.09. The zero-order valence-electron chi connectivity index (χ0n) is 8.33. The van der Waals surface area contributed by atoms with Gasteiger partial charge < -0.3 is 10.6 Å². The van der Waals surface area contributed by atoms with Gasteiger partial charge >= 0.3 is 0 Å². The predicted molar refractivity (Wildman–Crippen MR) is 56.8 cm³/mol. The largest absolute Gasteiger partial charge is 0.396 e. The summed E-state index contributed by atoms with van der Waals surface area (Å²) >= 11 is 0. The van der Waals surface area contributed by atoms with Crippen molar-refractivity contribution in [3.05, 3.63) is 24.0 Å². The second-order valence-electron chi connectivity index (χ2n) is 3.89. The monoisotopic (exact) mass is 194 g/mol. The van der Waals surface area contributed by atoms with Gasteiger partial charge in [0.05, 0.1) is 5.69 Å². The minimum Gasteiger partial charge on any atom is -0.396 e. The van der Waals surface area contributed by atoms with Gasteiger partial charge in [0, 0.05) is 18.8 Å². The quantitative estimate of drug-likeness (QED) is 0.732. The number of nitrogens with two attached hydrogens (primary N) is 1. The first-order valence-corrected chi connectivity index (χ1v) is 5.00. The van der Waals surface area contributed by atoms with Gasteiger partial charge in [-0.1, -0.05) is 6.92 Å². The van der Waals surface area contributed by atoms with Crippen molar-refractivity contribution in [1.29, 1.82) is 0 Å². The standard InChI is InChI=1S/C11H15FN2/c1-2-8-6-14(7-8)9-3-4-10(12)11(13)5-9/h3-5,8H,2,6-7,13H2,1H3. The van der Waals surface area contributed by atoms with Crippen LogP contribution in [0.1, 0.15) is 13.3 Å². The van der Waals surface area contributed by atoms with Crippen molar-refractivity contribution in [2.45, 2.75) is 13.3 Å². The lowest BCUT2D eigenvalue weighted by Gasteiger charge is -2.40. The molecule has 1 aromatic carbocycles. The summed E-state index contributed by atoms with van der Waals surface area (Å²) in [6.07, 6.45) is 1.22. The molecule has 0 spiro atoms. The highest BCUT2D eigenvalue weighted by Gasteiger charge is 2.25. The third kappa shape index (κ3) is 1.54. The predicted octanol–water partition coefficient (Wildman–Crippen LogP) is 2.25. The molecule has 0 saturated carbocycles. The van der Waals surface area contributed by atoms with Crippen LogP contribution in [0.2, 0.25) is 0 Å². The molecular formula is C11H15FN2. The molecule has 0 amide bonds. The van der Waals surface area contributed by atoms with Crippen LogP contribution >= 0.6 is 0 Å². The summed E-state index contributed by atoms with van der Waals surface area (Å²) in [7, 11) is 0. The number of nitrogens with zero attached hydrogens (tertiary/aromatic N) is 1. The Morgan fingerprint density at radius 1 is 1.50 bits per heavy atom. The number of anilines is 2. The molecular weight excluding hydrogens is 179 g/mol. The van der Waals surface area contributed by atoms with E-state index in [2.05, 4.69) is 11.8 Å². The summed E-state index contributed by atoms with van der Waals surface area (Å²) in [6.45, 7) is 4.34. The van der Waals surface area contributed by atoms with Gasteiger partial charge in [-0.05, 0) is 30.5 Å². The van der Waals surface area contributed by atoms with Gasteiger partial charge in [-0.15, -0.1) is 0 Å². The zero-order chi connectivity index (χ0) is 10.1. The van der Waals surface area contributed by atoms with Crippen LogP contribution in [0, 0.1) is 11.7 Å². The van der Waals surface area contributed by atoms with E-state index < -0.39 is 0 Å². The molecule has 0 unspecified atom stereocenters. The van der Waals surface area contributed by atoms with E-state index in [-0.39, 0.29) is 11.5 Å². The molecule has 0 atom stereocenters. The maximum atomic E-state index is 12.9. The summed E-state index contributed by atoms with van der Waals surface area (Å²) < 4.78 is 12.9. The maximum Gasteiger partial charge on any atom is 0.146 e. The molecule has 2 nitrogen and oxygen atoms in total. The molecule has 2 N–H and O–H groups in total. The SMILES string of the molecule is CCC1CN(c2ccc(F)c(N)c2)C1. The van der Waals surface area contributed by atoms with E-state index in [1.54, 1.807) is 12.1 Å². The molecule has 14 heavy (non-hydrogen) atoms. The molecule has 0 aliphatic carbocycles. The van der Waals surface area contributed by atoms with E-state index in [0.717, 1.165) is 24.7 Å². The molecule has 1 heterocycles. The molecule has 0 bridgehead atoms. The number of benzene rings is 1. The maximum absolute atomic E-state index is 12.9. The van der Waals surface area contributed by atoms with Gasteiger partial charge in [-0.25, -0.2) is 4.39 Å². The summed E-state index contributed by atoms with van der Waals surface area (Å²) in [5.41, 5.74) is 6.78. The highest BCUT2D eigenvalue weighted by molar-refractivity contribution is 5.57. The van der Waals surface area contributed by atoms with Crippen LogP contribution in [0.5, 0.6) is 0 Å². The first-order valence-electron chi connectivity index (χ1n) is 5.00. The minimum atomic E-state index is -0.332. The first-order chi connectivity index (χ1) is 6.70. The number of hydrogen-bond donors (Lipinski definition) is 1. The fraction of sp³-hybridized carbons (Fsp3) is 0.455. The minimum absolute atomic E-state index is 0.238. The Bertz CT molecular complexity index is 332. The van der Waals surface area contributed by atoms with E-state index in [1.807, 2.05) is 0 Å². The van der Waals surface area contributed by atoms with Crippen molar-refractivity contribution in [3.8, 4) is 0 Å². The van der Waals surface area contributed by atoms with Crippen molar-refractivity contribution >= 4 is 11.4 Å². The number of halogens is 1. The topological polar surface area (TPSA) is 29.3 Å². The summed E-state index contributed by atoms with van der Waals surface area (Å²) in [4.78, 5) is 2.23. The summed E-state index contributed by atoms with van der Waals surface area (Å²) in [6, 6.07) is 4.93. The van der Waals surface area contributed by atoms with Gasteiger partial charge in [0.1, 0.15) is 5.82 Å². The molecule has 1 saturated heterocycles. The molecule has 1 aromatic rings. The molecule has 2 rings (SSSR count). The summed E-state index contributed by atoms with van der Waals surface area (Å²) in [5.74, 6) is 0.461. The molecule has 3 heteroatoms. The fourth-order valence-electron chi connectivity index (χ4n) is 1.77. The lowest BCUT2D eigenvalue weighted by atomic mass is 9.96. The normalized spacial score (nSPS) is 16.9. The van der Waals surface area contributed by atoms with Crippen molar-refractivity contribution in [2.75, 3.05) is 23.7 Å². The summed E-state index contributed by atoms with van der Waals surface area (Å²) in [5, 5.41) is 0. The van der Waals surface area contributed by atoms with E-state index in [1.165, 1.54) is 12.5 Å². The van der Waals surface area contributed by atoms with E-state index in [0.29, 0.717) is 0 Å². The first kappa shape index (κ1) is 9.31. The van der Waals surface area contributed by atoms with Crippen LogP contribution in [-0.4, -0.2) is 13.1 Å². The molecule has 76 valence electrons. The second kappa shape index (κ2) is 3.48. The van der Waals surface area contributed by atoms with Crippen molar-refractivity contribution in [2.24, 2.45) is 5.92 Å². The Hall–Kier alpha value is -1.25. The molecule has 0 aromatic heterocycles. The Labute approximate surface area is 83.5 Å². The molecule has 0 radical (unpaired) electrons. The van der Waals surface area contributed by atoms with E-state index >= 15 is 0 Å². The molecule has 1 aliphatic heterocycles. The Kier molecular flexibility index (Phi) is 2.32. The molecule has 1 fully saturated rings. The van der Waals surface area contributed by atoms with Crippen LogP contribution in [0.15, 0.2) is 18.2 Å². The Morgan fingerprint density at radius 3 is 2.79 bits per heavy atom. The lowest BCUT2D eigenvalue weighted by Crippen LogP contribution is -2.46. The average molecular weight is 194 g/mol. The zero-order valence-corrected chi connectivity index (χ0v) is 8.33. The van der Waals surface area contributed by atoms with Crippen LogP contribution in [0.3, 0.4) is 0 Å². The Balaban J connectivity index is 2.08. The Morgan fingerprint density at radius 2 is 2.21 bits per heavy atom. The van der Waals surface area contributed by atoms with Crippen molar-refractivity contribution < 1.29 is 4.39 Å². The van der Waals surface area contributed by atoms with Gasteiger partial charge in [-0.3, -0.25) is 0 Å². The lowest BCUT2D eigenvalue weighted by molar-refractivity contribution is 0.399. The van der Waals surface area contributed by atoms with Crippen LogP contribution in [0.25, 0.3) is 0 Å². The van der Waals surface area contributed by atoms with Crippen molar-refractivity contribution in [1.82, 2.24) is 0 Å². The fourth-order valence-corrected chi connectivity index (χ4v) is 1.77. The van der Waals surface area contributed by atoms with E-state index in [4.69, 9.17) is 5.73 Å². The smallest absolute Gasteiger partial charge is 0.146 e. The molecule has 1 aliphatic rings. The third-order valence-electron chi connectivity index (χ3n) is 2.88.